The van der Waals surface area contributed by atoms with Gasteiger partial charge in [0, 0.05) is 10.2 Å². The maximum Gasteiger partial charge on any atom is 0.338 e. The van der Waals surface area contributed by atoms with Gasteiger partial charge < -0.3 is 15.4 Å². The van der Waals surface area contributed by atoms with Crippen LogP contribution in [0.1, 0.15) is 18.5 Å². The van der Waals surface area contributed by atoms with E-state index in [0.717, 1.165) is 10.0 Å². The van der Waals surface area contributed by atoms with Gasteiger partial charge in [0.1, 0.15) is 6.61 Å². The number of carbonyl (C=O) groups excluding carboxylic acids is 2. The van der Waals surface area contributed by atoms with E-state index in [2.05, 4.69) is 26.6 Å². The molecule has 23 heavy (non-hydrogen) atoms. The third kappa shape index (κ3) is 5.01. The van der Waals surface area contributed by atoms with Gasteiger partial charge in [-0.3, -0.25) is 0 Å². The van der Waals surface area contributed by atoms with Crippen LogP contribution in [0.25, 0.3) is 0 Å². The van der Waals surface area contributed by atoms with E-state index in [1.807, 2.05) is 12.1 Å². The minimum Gasteiger partial charge on any atom is -0.458 e. The number of urea groups is 1. The first-order valence-electron chi connectivity index (χ1n) is 6.45. The normalized spacial score (nSPS) is 18.3. The first-order valence-corrected chi connectivity index (χ1v) is 8.37. The van der Waals surface area contributed by atoms with Gasteiger partial charge in [-0.15, -0.1) is 0 Å². The van der Waals surface area contributed by atoms with Gasteiger partial charge in [0.25, 0.3) is 0 Å². The quantitative estimate of drug-likeness (QED) is 0.550. The summed E-state index contributed by atoms with van der Waals surface area (Å²) in [5.41, 5.74) is 1.36. The molecule has 0 unspecified atom stereocenters. The summed E-state index contributed by atoms with van der Waals surface area (Å²) in [4.78, 5) is 24.1. The van der Waals surface area contributed by atoms with E-state index < -0.39 is 28.4 Å². The fraction of sp³-hybridized carbons (Fsp3) is 0.286. The van der Waals surface area contributed by atoms with Crippen molar-refractivity contribution in [2.24, 2.45) is 0 Å². The standard InChI is InChI=1S/C14H12BrCl3N2O3/c1-7-10(12(21)23-6-14(16,17)18)11(20-13(22)19-7)8-2-4-9(15)5-3-8/h2-5,11H,6H2,1H3,(H2,19,20,22)/t11-/m0/s1. The Morgan fingerprint density at radius 1 is 1.30 bits per heavy atom. The van der Waals surface area contributed by atoms with Crippen LogP contribution in [0.2, 0.25) is 0 Å². The van der Waals surface area contributed by atoms with Gasteiger partial charge in [0.05, 0.1) is 11.6 Å². The van der Waals surface area contributed by atoms with Crippen LogP contribution < -0.4 is 10.6 Å². The summed E-state index contributed by atoms with van der Waals surface area (Å²) >= 11 is 20.1. The molecule has 2 N–H and O–H groups in total. The second kappa shape index (κ2) is 7.30. The maximum absolute atomic E-state index is 12.4. The van der Waals surface area contributed by atoms with Gasteiger partial charge in [0.15, 0.2) is 0 Å². The molecule has 124 valence electrons. The molecule has 0 bridgehead atoms. The maximum atomic E-state index is 12.4. The summed E-state index contributed by atoms with van der Waals surface area (Å²) in [7, 11) is 0. The molecule has 0 spiro atoms. The van der Waals surface area contributed by atoms with E-state index in [4.69, 9.17) is 39.5 Å². The summed E-state index contributed by atoms with van der Waals surface area (Å²) in [5.74, 6) is -0.672. The summed E-state index contributed by atoms with van der Waals surface area (Å²) in [6, 6.07) is 6.13. The molecular weight excluding hydrogens is 430 g/mol. The molecule has 9 heteroatoms. The molecule has 1 aromatic rings. The zero-order chi connectivity index (χ0) is 17.2. The SMILES string of the molecule is CC1=C(C(=O)OCC(Cl)(Cl)Cl)[C@H](c2ccc(Br)cc2)NC(=O)N1. The minimum atomic E-state index is -1.71. The zero-order valence-corrected chi connectivity index (χ0v) is 15.7. The lowest BCUT2D eigenvalue weighted by Gasteiger charge is -2.28. The second-order valence-corrected chi connectivity index (χ2v) is 8.24. The molecule has 0 aliphatic carbocycles. The van der Waals surface area contributed by atoms with Crippen molar-refractivity contribution in [3.63, 3.8) is 0 Å². The molecule has 0 aromatic heterocycles. The Balaban J connectivity index is 2.31. The molecule has 2 rings (SSSR count). The summed E-state index contributed by atoms with van der Waals surface area (Å²) in [5, 5.41) is 5.23. The van der Waals surface area contributed by atoms with Crippen molar-refractivity contribution in [3.05, 3.63) is 45.6 Å². The number of halogens is 4. The average molecular weight is 443 g/mol. The predicted octanol–water partition coefficient (Wildman–Crippen LogP) is 3.99. The number of carbonyl (C=O) groups is 2. The van der Waals surface area contributed by atoms with Crippen molar-refractivity contribution in [3.8, 4) is 0 Å². The highest BCUT2D eigenvalue weighted by Gasteiger charge is 2.33. The number of nitrogens with one attached hydrogen (secondary N) is 2. The molecule has 1 heterocycles. The van der Waals surface area contributed by atoms with Crippen molar-refractivity contribution in [1.29, 1.82) is 0 Å². The molecule has 1 aromatic carbocycles. The Morgan fingerprint density at radius 2 is 1.91 bits per heavy atom. The Kier molecular flexibility index (Phi) is 5.84. The lowest BCUT2D eigenvalue weighted by Crippen LogP contribution is -2.45. The molecule has 0 radical (unpaired) electrons. The zero-order valence-electron chi connectivity index (χ0n) is 11.8. The molecule has 5 nitrogen and oxygen atoms in total. The van der Waals surface area contributed by atoms with E-state index in [0.29, 0.717) is 5.70 Å². The molecule has 0 fully saturated rings. The van der Waals surface area contributed by atoms with Gasteiger partial charge in [-0.1, -0.05) is 62.9 Å². The van der Waals surface area contributed by atoms with Crippen molar-refractivity contribution in [2.75, 3.05) is 6.61 Å². The number of allylic oxidation sites excluding steroid dienone is 1. The summed E-state index contributed by atoms with van der Waals surface area (Å²) in [6.45, 7) is 1.21. The highest BCUT2D eigenvalue weighted by molar-refractivity contribution is 9.10. The third-order valence-corrected chi connectivity index (χ3v) is 3.92. The Morgan fingerprint density at radius 3 is 2.48 bits per heavy atom. The number of rotatable bonds is 3. The number of hydrogen-bond acceptors (Lipinski definition) is 3. The Bertz CT molecular complexity index is 656. The van der Waals surface area contributed by atoms with Crippen molar-refractivity contribution in [2.45, 2.75) is 16.8 Å². The van der Waals surface area contributed by atoms with Crippen molar-refractivity contribution in [1.82, 2.24) is 10.6 Å². The van der Waals surface area contributed by atoms with E-state index in [1.165, 1.54) is 0 Å². The van der Waals surface area contributed by atoms with Crippen LogP contribution in [0.5, 0.6) is 0 Å². The fourth-order valence-electron chi connectivity index (χ4n) is 2.09. The van der Waals surface area contributed by atoms with Crippen LogP contribution in [-0.4, -0.2) is 22.4 Å². The van der Waals surface area contributed by atoms with E-state index in [1.54, 1.807) is 19.1 Å². The Labute approximate surface area is 156 Å². The molecule has 0 saturated carbocycles. The van der Waals surface area contributed by atoms with E-state index >= 15 is 0 Å². The van der Waals surface area contributed by atoms with Gasteiger partial charge >= 0.3 is 12.0 Å². The van der Waals surface area contributed by atoms with E-state index in [-0.39, 0.29) is 5.57 Å². The monoisotopic (exact) mass is 440 g/mol. The van der Waals surface area contributed by atoms with Gasteiger partial charge in [-0.2, -0.15) is 0 Å². The second-order valence-electron chi connectivity index (χ2n) is 4.81. The molecule has 1 aliphatic rings. The highest BCUT2D eigenvalue weighted by Crippen LogP contribution is 2.30. The van der Waals surface area contributed by atoms with Gasteiger partial charge in [-0.25, -0.2) is 9.59 Å². The lowest BCUT2D eigenvalue weighted by atomic mass is 9.96. The number of hydrogen-bond donors (Lipinski definition) is 2. The molecule has 1 aliphatic heterocycles. The minimum absolute atomic E-state index is 0.251. The van der Waals surface area contributed by atoms with Gasteiger partial charge in [-0.05, 0) is 24.6 Å². The van der Waals surface area contributed by atoms with Crippen molar-refractivity contribution >= 4 is 62.7 Å². The van der Waals surface area contributed by atoms with Crippen LogP contribution in [0.3, 0.4) is 0 Å². The van der Waals surface area contributed by atoms with Crippen LogP contribution in [0.15, 0.2) is 40.0 Å². The average Bonchev–Trinajstić information content (AvgIpc) is 2.44. The van der Waals surface area contributed by atoms with Crippen molar-refractivity contribution < 1.29 is 14.3 Å². The van der Waals surface area contributed by atoms with Crippen LogP contribution in [0, 0.1) is 0 Å². The summed E-state index contributed by atoms with van der Waals surface area (Å²) in [6.07, 6.45) is 0. The lowest BCUT2D eigenvalue weighted by molar-refractivity contribution is -0.139. The summed E-state index contributed by atoms with van der Waals surface area (Å²) < 4.78 is 4.21. The molecule has 2 amide bonds. The number of alkyl halides is 3. The third-order valence-electron chi connectivity index (χ3n) is 3.06. The number of esters is 1. The van der Waals surface area contributed by atoms with Crippen LogP contribution in [-0.2, 0) is 9.53 Å². The largest absolute Gasteiger partial charge is 0.458 e. The Hall–Kier alpha value is -0.950. The fourth-order valence-corrected chi connectivity index (χ4v) is 2.52. The predicted molar refractivity (Wildman–Crippen MR) is 92.5 cm³/mol. The molecular formula is C14H12BrCl3N2O3. The topological polar surface area (TPSA) is 67.4 Å². The number of benzene rings is 1. The van der Waals surface area contributed by atoms with Gasteiger partial charge in [0.2, 0.25) is 3.79 Å². The number of amides is 2. The molecule has 1 atom stereocenters. The highest BCUT2D eigenvalue weighted by atomic mass is 79.9. The number of ether oxygens (including phenoxy) is 1. The first-order chi connectivity index (χ1) is 10.7. The van der Waals surface area contributed by atoms with Crippen LogP contribution in [0.4, 0.5) is 4.79 Å². The smallest absolute Gasteiger partial charge is 0.338 e. The van der Waals surface area contributed by atoms with Crippen LogP contribution >= 0.6 is 50.7 Å². The molecule has 0 saturated heterocycles. The van der Waals surface area contributed by atoms with E-state index in [9.17, 15) is 9.59 Å². The first kappa shape index (κ1) is 18.4.